The first-order valence-corrected chi connectivity index (χ1v) is 5.60. The third-order valence-electron chi connectivity index (χ3n) is 2.47. The largest absolute Gasteiger partial charge is 0.311 e. The molecule has 1 N–H and O–H groups in total. The zero-order valence-electron chi connectivity index (χ0n) is 10.1. The molecule has 0 bridgehead atoms. The lowest BCUT2D eigenvalue weighted by Gasteiger charge is -2.04. The van der Waals surface area contributed by atoms with Gasteiger partial charge in [-0.1, -0.05) is 36.4 Å². The second-order valence-electron chi connectivity index (χ2n) is 3.73. The van der Waals surface area contributed by atoms with E-state index in [1.54, 1.807) is 0 Å². The Morgan fingerprint density at radius 2 is 1.61 bits per heavy atom. The molecule has 0 spiro atoms. The molecule has 0 aliphatic carbocycles. The number of nitrogens with one attached hydrogen (secondary N) is 1. The van der Waals surface area contributed by atoms with E-state index in [4.69, 9.17) is 0 Å². The Bertz CT molecular complexity index is 365. The highest BCUT2D eigenvalue weighted by molar-refractivity contribution is 5.85. The van der Waals surface area contributed by atoms with Crippen LogP contribution < -0.4 is 5.32 Å². The summed E-state index contributed by atoms with van der Waals surface area (Å²) in [6.45, 7) is 1.83. The number of rotatable bonds is 5. The lowest BCUT2D eigenvalue weighted by atomic mass is 10.1. The van der Waals surface area contributed by atoms with Crippen molar-refractivity contribution in [2.75, 3.05) is 6.54 Å². The van der Waals surface area contributed by atoms with E-state index in [1.807, 2.05) is 30.5 Å². The maximum atomic E-state index is 4.26. The minimum absolute atomic E-state index is 0. The fraction of sp³-hybridized carbons (Fsp3) is 0.214. The Balaban J connectivity index is 0.00000144. The number of nitrogens with zero attached hydrogens (tertiary/aromatic N) is 1. The quantitative estimate of drug-likeness (QED) is 0.853. The van der Waals surface area contributed by atoms with Crippen molar-refractivity contribution >= 4 is 24.8 Å². The second kappa shape index (κ2) is 9.89. The van der Waals surface area contributed by atoms with Gasteiger partial charge >= 0.3 is 0 Å². The number of benzene rings is 1. The molecule has 0 aliphatic heterocycles. The van der Waals surface area contributed by atoms with E-state index in [0.717, 1.165) is 25.2 Å². The van der Waals surface area contributed by atoms with Gasteiger partial charge in [0.2, 0.25) is 0 Å². The SMILES string of the molecule is Cl.Cl.c1ccc(CCNCc2ccccn2)cc1. The standard InChI is InChI=1S/C14H16N2.2ClH/c1-2-6-13(7-3-1)9-11-15-12-14-8-4-5-10-16-14;;/h1-8,10,15H,9,11-12H2;2*1H. The number of aromatic nitrogens is 1. The van der Waals surface area contributed by atoms with E-state index in [2.05, 4.69) is 34.6 Å². The number of hydrogen-bond acceptors (Lipinski definition) is 2. The van der Waals surface area contributed by atoms with E-state index >= 15 is 0 Å². The third kappa shape index (κ3) is 6.01. The first-order chi connectivity index (χ1) is 7.95. The highest BCUT2D eigenvalue weighted by Crippen LogP contribution is 1.98. The molecule has 1 aromatic carbocycles. The minimum atomic E-state index is 0. The van der Waals surface area contributed by atoms with Crippen molar-refractivity contribution in [1.29, 1.82) is 0 Å². The molecule has 0 radical (unpaired) electrons. The van der Waals surface area contributed by atoms with E-state index < -0.39 is 0 Å². The predicted octanol–water partition coefficient (Wildman–Crippen LogP) is 3.26. The molecule has 2 nitrogen and oxygen atoms in total. The topological polar surface area (TPSA) is 24.9 Å². The maximum Gasteiger partial charge on any atom is 0.0541 e. The molecule has 1 heterocycles. The van der Waals surface area contributed by atoms with Gasteiger partial charge in [-0.05, 0) is 30.7 Å². The van der Waals surface area contributed by atoms with Crippen molar-refractivity contribution < 1.29 is 0 Å². The molecule has 0 atom stereocenters. The zero-order chi connectivity index (χ0) is 11.1. The minimum Gasteiger partial charge on any atom is -0.311 e. The summed E-state index contributed by atoms with van der Waals surface area (Å²) < 4.78 is 0. The average molecular weight is 285 g/mol. The summed E-state index contributed by atoms with van der Waals surface area (Å²) in [5.74, 6) is 0. The Kier molecular flexibility index (Phi) is 9.29. The third-order valence-corrected chi connectivity index (χ3v) is 2.47. The lowest BCUT2D eigenvalue weighted by molar-refractivity contribution is 0.675. The number of halogens is 2. The lowest BCUT2D eigenvalue weighted by Crippen LogP contribution is -2.17. The molecule has 0 saturated heterocycles. The van der Waals surface area contributed by atoms with Gasteiger partial charge in [0, 0.05) is 12.7 Å². The average Bonchev–Trinajstić information content (AvgIpc) is 2.37. The van der Waals surface area contributed by atoms with Crippen LogP contribution in [0.5, 0.6) is 0 Å². The van der Waals surface area contributed by atoms with Crippen LogP contribution in [0.3, 0.4) is 0 Å². The number of hydrogen-bond donors (Lipinski definition) is 1. The van der Waals surface area contributed by atoms with Gasteiger partial charge in [-0.2, -0.15) is 0 Å². The van der Waals surface area contributed by atoms with Crippen molar-refractivity contribution in [3.63, 3.8) is 0 Å². The van der Waals surface area contributed by atoms with Gasteiger partial charge in [-0.3, -0.25) is 4.98 Å². The van der Waals surface area contributed by atoms with Gasteiger partial charge in [-0.25, -0.2) is 0 Å². The molecule has 2 rings (SSSR count). The Hall–Kier alpha value is -1.09. The zero-order valence-corrected chi connectivity index (χ0v) is 11.7. The van der Waals surface area contributed by atoms with Crippen LogP contribution in [0.4, 0.5) is 0 Å². The van der Waals surface area contributed by atoms with Crippen LogP contribution in [0.2, 0.25) is 0 Å². The van der Waals surface area contributed by atoms with Crippen LogP contribution >= 0.6 is 24.8 Å². The fourth-order valence-corrected chi connectivity index (χ4v) is 1.60. The van der Waals surface area contributed by atoms with Crippen LogP contribution in [0.1, 0.15) is 11.3 Å². The monoisotopic (exact) mass is 284 g/mol. The van der Waals surface area contributed by atoms with E-state index in [0.29, 0.717) is 0 Å². The molecular formula is C14H18Cl2N2. The molecule has 0 fully saturated rings. The molecule has 4 heteroatoms. The summed E-state index contributed by atoms with van der Waals surface area (Å²) in [7, 11) is 0. The normalized spacial score (nSPS) is 9.11. The van der Waals surface area contributed by atoms with Crippen molar-refractivity contribution in [2.45, 2.75) is 13.0 Å². The van der Waals surface area contributed by atoms with Crippen molar-refractivity contribution in [3.8, 4) is 0 Å². The van der Waals surface area contributed by atoms with Gasteiger partial charge in [0.15, 0.2) is 0 Å². The summed E-state index contributed by atoms with van der Waals surface area (Å²) in [6.07, 6.45) is 2.89. The summed E-state index contributed by atoms with van der Waals surface area (Å²) in [5, 5.41) is 3.39. The number of pyridine rings is 1. The van der Waals surface area contributed by atoms with E-state index in [9.17, 15) is 0 Å². The predicted molar refractivity (Wildman–Crippen MR) is 80.6 cm³/mol. The Morgan fingerprint density at radius 1 is 0.889 bits per heavy atom. The van der Waals surface area contributed by atoms with E-state index in [1.165, 1.54) is 5.56 Å². The smallest absolute Gasteiger partial charge is 0.0541 e. The van der Waals surface area contributed by atoms with Crippen molar-refractivity contribution in [2.24, 2.45) is 0 Å². The van der Waals surface area contributed by atoms with E-state index in [-0.39, 0.29) is 24.8 Å². The van der Waals surface area contributed by atoms with Gasteiger partial charge in [0.25, 0.3) is 0 Å². The van der Waals surface area contributed by atoms with Crippen LogP contribution in [0.25, 0.3) is 0 Å². The van der Waals surface area contributed by atoms with Crippen LogP contribution in [-0.2, 0) is 13.0 Å². The summed E-state index contributed by atoms with van der Waals surface area (Å²) in [4.78, 5) is 4.26. The van der Waals surface area contributed by atoms with Gasteiger partial charge < -0.3 is 5.32 Å². The Morgan fingerprint density at radius 3 is 2.28 bits per heavy atom. The highest BCUT2D eigenvalue weighted by Gasteiger charge is 1.93. The summed E-state index contributed by atoms with van der Waals surface area (Å²) in [6, 6.07) is 16.5. The Labute approximate surface area is 121 Å². The molecule has 0 unspecified atom stereocenters. The maximum absolute atomic E-state index is 4.26. The summed E-state index contributed by atoms with van der Waals surface area (Å²) >= 11 is 0. The van der Waals surface area contributed by atoms with Gasteiger partial charge in [-0.15, -0.1) is 24.8 Å². The summed E-state index contributed by atoms with van der Waals surface area (Å²) in [5.41, 5.74) is 2.46. The molecule has 1 aromatic heterocycles. The molecule has 18 heavy (non-hydrogen) atoms. The molecule has 0 saturated carbocycles. The first-order valence-electron chi connectivity index (χ1n) is 5.60. The van der Waals surface area contributed by atoms with Crippen LogP contribution in [0.15, 0.2) is 54.7 Å². The molecule has 98 valence electrons. The second-order valence-corrected chi connectivity index (χ2v) is 3.73. The van der Waals surface area contributed by atoms with Crippen LogP contribution in [-0.4, -0.2) is 11.5 Å². The molecular weight excluding hydrogens is 267 g/mol. The molecule has 2 aromatic rings. The van der Waals surface area contributed by atoms with Crippen molar-refractivity contribution in [3.05, 3.63) is 66.0 Å². The first kappa shape index (κ1) is 16.9. The highest BCUT2D eigenvalue weighted by atomic mass is 35.5. The fourth-order valence-electron chi connectivity index (χ4n) is 1.60. The van der Waals surface area contributed by atoms with Gasteiger partial charge in [0.05, 0.1) is 5.69 Å². The van der Waals surface area contributed by atoms with Gasteiger partial charge in [0.1, 0.15) is 0 Å². The van der Waals surface area contributed by atoms with Crippen molar-refractivity contribution in [1.82, 2.24) is 10.3 Å². The molecule has 0 amide bonds. The molecule has 0 aliphatic rings. The van der Waals surface area contributed by atoms with Crippen LogP contribution in [0, 0.1) is 0 Å².